The van der Waals surface area contributed by atoms with E-state index in [2.05, 4.69) is 13.8 Å². The van der Waals surface area contributed by atoms with Gasteiger partial charge in [0.25, 0.3) is 5.91 Å². The third kappa shape index (κ3) is 4.37. The lowest BCUT2D eigenvalue weighted by molar-refractivity contribution is -0.122. The number of amidine groups is 1. The highest BCUT2D eigenvalue weighted by Crippen LogP contribution is 2.35. The van der Waals surface area contributed by atoms with Crippen LogP contribution in [0.25, 0.3) is 6.08 Å². The molecule has 1 aliphatic rings. The van der Waals surface area contributed by atoms with E-state index in [0.717, 1.165) is 11.3 Å². The van der Waals surface area contributed by atoms with Crippen molar-refractivity contribution < 1.29 is 4.79 Å². The lowest BCUT2D eigenvalue weighted by Gasteiger charge is -2.17. The summed E-state index contributed by atoms with van der Waals surface area (Å²) >= 11 is 7.64. The number of aliphatic imine (C=N–C) groups is 1. The molecule has 1 heterocycles. The summed E-state index contributed by atoms with van der Waals surface area (Å²) in [6.07, 6.45) is 1.85. The summed E-state index contributed by atoms with van der Waals surface area (Å²) in [5.41, 5.74) is 2.87. The van der Waals surface area contributed by atoms with Crippen molar-refractivity contribution >= 4 is 46.2 Å². The molecule has 1 amide bonds. The minimum Gasteiger partial charge on any atom is -0.286 e. The van der Waals surface area contributed by atoms with Crippen LogP contribution in [0, 0.1) is 12.8 Å². The van der Waals surface area contributed by atoms with Crippen LogP contribution >= 0.6 is 23.4 Å². The minimum atomic E-state index is -0.0190. The largest absolute Gasteiger partial charge is 0.286 e. The maximum atomic E-state index is 12.9. The first-order valence-electron chi connectivity index (χ1n) is 8.55. The van der Waals surface area contributed by atoms with E-state index in [1.54, 1.807) is 4.90 Å². The van der Waals surface area contributed by atoms with Crippen molar-refractivity contribution in [1.29, 1.82) is 0 Å². The number of aryl methyl sites for hydroxylation is 1. The molecule has 5 heteroatoms. The Morgan fingerprint density at radius 2 is 1.85 bits per heavy atom. The molecule has 0 atom stereocenters. The second kappa shape index (κ2) is 8.11. The molecule has 0 aliphatic carbocycles. The summed E-state index contributed by atoms with van der Waals surface area (Å²) in [6.45, 7) is 6.87. The Bertz CT molecular complexity index is 872. The van der Waals surface area contributed by atoms with Gasteiger partial charge in [0, 0.05) is 11.6 Å². The van der Waals surface area contributed by atoms with Gasteiger partial charge in [-0.15, -0.1) is 0 Å². The summed E-state index contributed by atoms with van der Waals surface area (Å²) in [4.78, 5) is 20.0. The fourth-order valence-electron chi connectivity index (χ4n) is 2.58. The van der Waals surface area contributed by atoms with Crippen molar-refractivity contribution in [2.75, 3.05) is 6.54 Å². The highest BCUT2D eigenvalue weighted by molar-refractivity contribution is 8.18. The smallest absolute Gasteiger partial charge is 0.266 e. The number of nitrogens with zero attached hydrogens (tertiary/aromatic N) is 2. The second-order valence-electron chi connectivity index (χ2n) is 6.67. The molecule has 26 heavy (non-hydrogen) atoms. The molecule has 1 fully saturated rings. The van der Waals surface area contributed by atoms with Gasteiger partial charge in [-0.05, 0) is 54.4 Å². The van der Waals surface area contributed by atoms with Gasteiger partial charge in [-0.25, -0.2) is 4.99 Å². The first kappa shape index (κ1) is 18.7. The Morgan fingerprint density at radius 3 is 2.50 bits per heavy atom. The molecule has 1 aliphatic heterocycles. The van der Waals surface area contributed by atoms with Gasteiger partial charge in [-0.1, -0.05) is 61.3 Å². The molecule has 0 N–H and O–H groups in total. The molecular formula is C21H21ClN2OS. The summed E-state index contributed by atoms with van der Waals surface area (Å²) in [5.74, 6) is 0.330. The number of rotatable bonds is 4. The number of amides is 1. The third-order valence-corrected chi connectivity index (χ3v) is 5.24. The van der Waals surface area contributed by atoms with Crippen molar-refractivity contribution in [3.63, 3.8) is 0 Å². The standard InChI is InChI=1S/C21H21ClN2OS/c1-14(2)13-24-20(25)19(12-16-6-4-5-7-18(16)22)26-21(24)23-17-10-8-15(3)9-11-17/h4-12,14H,13H2,1-3H3/b19-12+,23-21?. The van der Waals surface area contributed by atoms with Gasteiger partial charge < -0.3 is 0 Å². The van der Waals surface area contributed by atoms with Crippen LogP contribution < -0.4 is 0 Å². The Hall–Kier alpha value is -2.04. The number of benzene rings is 2. The van der Waals surface area contributed by atoms with Crippen molar-refractivity contribution in [3.05, 3.63) is 69.6 Å². The summed E-state index contributed by atoms with van der Waals surface area (Å²) in [5, 5.41) is 1.35. The number of thioether (sulfide) groups is 1. The highest BCUT2D eigenvalue weighted by atomic mass is 35.5. The monoisotopic (exact) mass is 384 g/mol. The number of halogens is 1. The van der Waals surface area contributed by atoms with Crippen LogP contribution in [0.2, 0.25) is 5.02 Å². The molecule has 0 bridgehead atoms. The quantitative estimate of drug-likeness (QED) is 0.614. The topological polar surface area (TPSA) is 32.7 Å². The zero-order valence-corrected chi connectivity index (χ0v) is 16.6. The minimum absolute atomic E-state index is 0.0190. The van der Waals surface area contributed by atoms with Gasteiger partial charge in [0.1, 0.15) is 0 Å². The zero-order chi connectivity index (χ0) is 18.7. The van der Waals surface area contributed by atoms with Gasteiger partial charge in [0.2, 0.25) is 0 Å². The predicted molar refractivity (Wildman–Crippen MR) is 112 cm³/mol. The SMILES string of the molecule is Cc1ccc(N=C2S/C(=C/c3ccccc3Cl)C(=O)N2CC(C)C)cc1. The average molecular weight is 385 g/mol. The molecule has 0 radical (unpaired) electrons. The first-order valence-corrected chi connectivity index (χ1v) is 9.75. The summed E-state index contributed by atoms with van der Waals surface area (Å²) in [6, 6.07) is 15.5. The van der Waals surface area contributed by atoms with E-state index < -0.39 is 0 Å². The van der Waals surface area contributed by atoms with Gasteiger partial charge in [-0.2, -0.15) is 0 Å². The maximum absolute atomic E-state index is 12.9. The molecule has 134 valence electrons. The van der Waals surface area contributed by atoms with Crippen LogP contribution in [0.3, 0.4) is 0 Å². The van der Waals surface area contributed by atoms with Gasteiger partial charge in [0.05, 0.1) is 10.6 Å². The Labute approximate surface area is 163 Å². The van der Waals surface area contributed by atoms with Crippen molar-refractivity contribution in [1.82, 2.24) is 4.90 Å². The molecule has 0 unspecified atom stereocenters. The predicted octanol–water partition coefficient (Wildman–Crippen LogP) is 5.91. The average Bonchev–Trinajstić information content (AvgIpc) is 2.87. The molecule has 2 aromatic carbocycles. The normalized spacial score (nSPS) is 17.7. The lowest BCUT2D eigenvalue weighted by atomic mass is 10.2. The molecule has 0 spiro atoms. The van der Waals surface area contributed by atoms with E-state index in [1.807, 2.05) is 61.5 Å². The number of carbonyl (C=O) groups is 1. The van der Waals surface area contributed by atoms with Crippen LogP contribution in [-0.4, -0.2) is 22.5 Å². The first-order chi connectivity index (χ1) is 12.4. The third-order valence-electron chi connectivity index (χ3n) is 3.89. The Balaban J connectivity index is 1.97. The molecule has 3 rings (SSSR count). The number of carbonyl (C=O) groups excluding carboxylic acids is 1. The van der Waals surface area contributed by atoms with Crippen LogP contribution in [0.1, 0.15) is 25.0 Å². The number of hydrogen-bond donors (Lipinski definition) is 0. The lowest BCUT2D eigenvalue weighted by Crippen LogP contribution is -2.32. The van der Waals surface area contributed by atoms with Gasteiger partial charge in [-0.3, -0.25) is 9.69 Å². The fraction of sp³-hybridized carbons (Fsp3) is 0.238. The summed E-state index contributed by atoms with van der Waals surface area (Å²) in [7, 11) is 0. The van der Waals surface area contributed by atoms with E-state index in [9.17, 15) is 4.79 Å². The van der Waals surface area contributed by atoms with Crippen molar-refractivity contribution in [2.24, 2.45) is 10.9 Å². The molecule has 1 saturated heterocycles. The second-order valence-corrected chi connectivity index (χ2v) is 8.09. The van der Waals surface area contributed by atoms with E-state index >= 15 is 0 Å². The van der Waals surface area contributed by atoms with Crippen molar-refractivity contribution in [3.8, 4) is 0 Å². The van der Waals surface area contributed by atoms with Crippen LogP contribution in [0.5, 0.6) is 0 Å². The number of hydrogen-bond acceptors (Lipinski definition) is 3. The van der Waals surface area contributed by atoms with E-state index in [0.29, 0.717) is 27.6 Å². The van der Waals surface area contributed by atoms with Crippen LogP contribution in [0.4, 0.5) is 5.69 Å². The van der Waals surface area contributed by atoms with Crippen molar-refractivity contribution in [2.45, 2.75) is 20.8 Å². The maximum Gasteiger partial charge on any atom is 0.266 e. The fourth-order valence-corrected chi connectivity index (χ4v) is 3.77. The molecular weight excluding hydrogens is 364 g/mol. The van der Waals surface area contributed by atoms with Crippen LogP contribution in [-0.2, 0) is 4.79 Å². The van der Waals surface area contributed by atoms with E-state index in [4.69, 9.17) is 16.6 Å². The van der Waals surface area contributed by atoms with Gasteiger partial charge in [0.15, 0.2) is 5.17 Å². The Morgan fingerprint density at radius 1 is 1.15 bits per heavy atom. The Kier molecular flexibility index (Phi) is 5.84. The van der Waals surface area contributed by atoms with Gasteiger partial charge >= 0.3 is 0 Å². The molecule has 0 aromatic heterocycles. The molecule has 3 nitrogen and oxygen atoms in total. The van der Waals surface area contributed by atoms with E-state index in [1.165, 1.54) is 17.3 Å². The molecule has 0 saturated carbocycles. The molecule has 2 aromatic rings. The van der Waals surface area contributed by atoms with Crippen LogP contribution in [0.15, 0.2) is 58.4 Å². The highest BCUT2D eigenvalue weighted by Gasteiger charge is 2.33. The zero-order valence-electron chi connectivity index (χ0n) is 15.1. The van der Waals surface area contributed by atoms with E-state index in [-0.39, 0.29) is 5.91 Å². The summed E-state index contributed by atoms with van der Waals surface area (Å²) < 4.78 is 0.